The number of anilines is 2. The summed E-state index contributed by atoms with van der Waals surface area (Å²) in [6, 6.07) is 8.51. The molecular weight excluding hydrogens is 234 g/mol. The van der Waals surface area contributed by atoms with E-state index in [1.807, 2.05) is 18.2 Å². The first-order valence-electron chi connectivity index (χ1n) is 6.68. The van der Waals surface area contributed by atoms with Crippen molar-refractivity contribution >= 4 is 22.3 Å². The summed E-state index contributed by atoms with van der Waals surface area (Å²) in [5.41, 5.74) is 9.15. The summed E-state index contributed by atoms with van der Waals surface area (Å²) in [5, 5.41) is 1.11. The number of fused-ring (bicyclic) bond motifs is 1. The molecule has 2 aromatic rings. The van der Waals surface area contributed by atoms with E-state index in [2.05, 4.69) is 50.7 Å². The van der Waals surface area contributed by atoms with Crippen molar-refractivity contribution in [3.8, 4) is 0 Å². The van der Waals surface area contributed by atoms with E-state index in [9.17, 15) is 0 Å². The van der Waals surface area contributed by atoms with Crippen molar-refractivity contribution in [1.82, 2.24) is 4.98 Å². The Kier molecular flexibility index (Phi) is 3.40. The fraction of sp³-hybridized carbons (Fsp3) is 0.438. The van der Waals surface area contributed by atoms with Gasteiger partial charge < -0.3 is 10.6 Å². The number of hydrogen-bond acceptors (Lipinski definition) is 3. The molecule has 0 spiro atoms. The predicted molar refractivity (Wildman–Crippen MR) is 83.5 cm³/mol. The SMILES string of the molecule is CC(N(C)c1c(N)cnc2ccccc12)C(C)(C)C. The second-order valence-corrected chi connectivity index (χ2v) is 6.23. The van der Waals surface area contributed by atoms with Gasteiger partial charge in [-0.25, -0.2) is 0 Å². The zero-order chi connectivity index (χ0) is 14.2. The number of para-hydroxylation sites is 1. The highest BCUT2D eigenvalue weighted by molar-refractivity contribution is 5.97. The van der Waals surface area contributed by atoms with E-state index in [-0.39, 0.29) is 5.41 Å². The minimum absolute atomic E-state index is 0.186. The molecule has 1 aromatic carbocycles. The number of rotatable bonds is 2. The molecule has 0 amide bonds. The van der Waals surface area contributed by atoms with Gasteiger partial charge in [0.25, 0.3) is 0 Å². The Balaban J connectivity index is 2.58. The van der Waals surface area contributed by atoms with Crippen molar-refractivity contribution in [2.75, 3.05) is 17.7 Å². The van der Waals surface area contributed by atoms with Crippen molar-refractivity contribution in [1.29, 1.82) is 0 Å². The van der Waals surface area contributed by atoms with Crippen molar-refractivity contribution in [2.24, 2.45) is 5.41 Å². The average Bonchev–Trinajstić information content (AvgIpc) is 2.36. The van der Waals surface area contributed by atoms with Crippen molar-refractivity contribution < 1.29 is 0 Å². The maximum Gasteiger partial charge on any atom is 0.0745 e. The Bertz CT molecular complexity index is 584. The van der Waals surface area contributed by atoms with Gasteiger partial charge in [0.1, 0.15) is 0 Å². The number of nitrogen functional groups attached to an aromatic ring is 1. The fourth-order valence-electron chi connectivity index (χ4n) is 2.31. The van der Waals surface area contributed by atoms with Gasteiger partial charge in [0, 0.05) is 18.5 Å². The molecule has 0 fully saturated rings. The van der Waals surface area contributed by atoms with Crippen LogP contribution in [0.3, 0.4) is 0 Å². The largest absolute Gasteiger partial charge is 0.396 e. The number of pyridine rings is 1. The topological polar surface area (TPSA) is 42.1 Å². The molecule has 1 atom stereocenters. The molecule has 2 rings (SSSR count). The first-order chi connectivity index (χ1) is 8.82. The summed E-state index contributed by atoms with van der Waals surface area (Å²) in [7, 11) is 2.11. The van der Waals surface area contributed by atoms with Gasteiger partial charge in [-0.3, -0.25) is 4.98 Å². The molecule has 3 heteroatoms. The molecule has 0 aliphatic heterocycles. The maximum atomic E-state index is 6.16. The summed E-state index contributed by atoms with van der Waals surface area (Å²) >= 11 is 0. The standard InChI is InChI=1S/C16H23N3/c1-11(16(2,3)4)19(5)15-12-8-6-7-9-14(12)18-10-13(15)17/h6-11H,17H2,1-5H3. The van der Waals surface area contributed by atoms with Gasteiger partial charge in [-0.15, -0.1) is 0 Å². The highest BCUT2D eigenvalue weighted by atomic mass is 15.2. The Labute approximate surface area is 115 Å². The van der Waals surface area contributed by atoms with E-state index in [1.54, 1.807) is 6.20 Å². The number of nitrogens with two attached hydrogens (primary N) is 1. The first kappa shape index (κ1) is 13.7. The third-order valence-electron chi connectivity index (χ3n) is 3.96. The Morgan fingerprint density at radius 1 is 1.21 bits per heavy atom. The Morgan fingerprint density at radius 2 is 1.84 bits per heavy atom. The lowest BCUT2D eigenvalue weighted by atomic mass is 9.86. The Hall–Kier alpha value is -1.77. The van der Waals surface area contributed by atoms with Gasteiger partial charge >= 0.3 is 0 Å². The summed E-state index contributed by atoms with van der Waals surface area (Å²) in [4.78, 5) is 6.66. The van der Waals surface area contributed by atoms with Crippen LogP contribution in [0.5, 0.6) is 0 Å². The lowest BCUT2D eigenvalue weighted by Gasteiger charge is -2.37. The van der Waals surface area contributed by atoms with E-state index in [4.69, 9.17) is 5.73 Å². The smallest absolute Gasteiger partial charge is 0.0745 e. The average molecular weight is 257 g/mol. The van der Waals surface area contributed by atoms with Crippen molar-refractivity contribution in [3.63, 3.8) is 0 Å². The number of benzene rings is 1. The normalized spacial score (nSPS) is 13.5. The molecule has 1 heterocycles. The molecule has 3 nitrogen and oxygen atoms in total. The first-order valence-corrected chi connectivity index (χ1v) is 6.68. The van der Waals surface area contributed by atoms with Crippen LogP contribution in [0, 0.1) is 5.41 Å². The second kappa shape index (κ2) is 4.72. The van der Waals surface area contributed by atoms with Crippen LogP contribution >= 0.6 is 0 Å². The molecular formula is C16H23N3. The zero-order valence-electron chi connectivity index (χ0n) is 12.4. The van der Waals surface area contributed by atoms with E-state index in [0.717, 1.165) is 22.3 Å². The molecule has 1 aromatic heterocycles. The van der Waals surface area contributed by atoms with E-state index >= 15 is 0 Å². The summed E-state index contributed by atoms with van der Waals surface area (Å²) in [5.74, 6) is 0. The van der Waals surface area contributed by atoms with Crippen molar-refractivity contribution in [2.45, 2.75) is 33.7 Å². The lowest BCUT2D eigenvalue weighted by Crippen LogP contribution is -2.39. The number of nitrogens with zero attached hydrogens (tertiary/aromatic N) is 2. The molecule has 0 saturated heterocycles. The highest BCUT2D eigenvalue weighted by Crippen LogP contribution is 2.35. The molecule has 0 radical (unpaired) electrons. The third kappa shape index (κ3) is 2.50. The van der Waals surface area contributed by atoms with Gasteiger partial charge in [-0.1, -0.05) is 39.0 Å². The van der Waals surface area contributed by atoms with Crippen LogP contribution in [0.25, 0.3) is 10.9 Å². The molecule has 19 heavy (non-hydrogen) atoms. The minimum Gasteiger partial charge on any atom is -0.396 e. The van der Waals surface area contributed by atoms with Gasteiger partial charge in [-0.05, 0) is 18.4 Å². The third-order valence-corrected chi connectivity index (χ3v) is 3.96. The molecule has 0 bridgehead atoms. The van der Waals surface area contributed by atoms with E-state index in [1.165, 1.54) is 0 Å². The maximum absolute atomic E-state index is 6.16. The van der Waals surface area contributed by atoms with Crippen LogP contribution in [-0.4, -0.2) is 18.1 Å². The quantitative estimate of drug-likeness (QED) is 0.892. The van der Waals surface area contributed by atoms with E-state index < -0.39 is 0 Å². The molecule has 2 N–H and O–H groups in total. The van der Waals surface area contributed by atoms with Crippen LogP contribution in [0.4, 0.5) is 11.4 Å². The van der Waals surface area contributed by atoms with Crippen LogP contribution in [0.15, 0.2) is 30.5 Å². The van der Waals surface area contributed by atoms with Crippen LogP contribution in [0.2, 0.25) is 0 Å². The second-order valence-electron chi connectivity index (χ2n) is 6.23. The predicted octanol–water partition coefficient (Wildman–Crippen LogP) is 3.69. The Morgan fingerprint density at radius 3 is 2.47 bits per heavy atom. The molecule has 0 saturated carbocycles. The molecule has 1 unspecified atom stereocenters. The summed E-state index contributed by atoms with van der Waals surface area (Å²) in [6.07, 6.45) is 1.75. The van der Waals surface area contributed by atoms with Gasteiger partial charge in [0.05, 0.1) is 23.1 Å². The fourth-order valence-corrected chi connectivity index (χ4v) is 2.31. The van der Waals surface area contributed by atoms with Crippen LogP contribution < -0.4 is 10.6 Å². The van der Waals surface area contributed by atoms with Crippen LogP contribution in [-0.2, 0) is 0 Å². The number of hydrogen-bond donors (Lipinski definition) is 1. The van der Waals surface area contributed by atoms with Gasteiger partial charge in [0.2, 0.25) is 0 Å². The molecule has 0 aliphatic carbocycles. The van der Waals surface area contributed by atoms with E-state index in [0.29, 0.717) is 6.04 Å². The van der Waals surface area contributed by atoms with Gasteiger partial charge in [-0.2, -0.15) is 0 Å². The summed E-state index contributed by atoms with van der Waals surface area (Å²) in [6.45, 7) is 8.96. The van der Waals surface area contributed by atoms with Crippen LogP contribution in [0.1, 0.15) is 27.7 Å². The monoisotopic (exact) mass is 257 g/mol. The highest BCUT2D eigenvalue weighted by Gasteiger charge is 2.26. The van der Waals surface area contributed by atoms with Crippen molar-refractivity contribution in [3.05, 3.63) is 30.5 Å². The van der Waals surface area contributed by atoms with Gasteiger partial charge in [0.15, 0.2) is 0 Å². The zero-order valence-corrected chi connectivity index (χ0v) is 12.4. The minimum atomic E-state index is 0.186. The molecule has 102 valence electrons. The molecule has 0 aliphatic rings. The number of aromatic nitrogens is 1. The summed E-state index contributed by atoms with van der Waals surface area (Å²) < 4.78 is 0. The lowest BCUT2D eigenvalue weighted by molar-refractivity contribution is 0.330.